The van der Waals surface area contributed by atoms with Gasteiger partial charge in [-0.1, -0.05) is 35.0 Å². The highest BCUT2D eigenvalue weighted by molar-refractivity contribution is 9.10. The number of halogens is 1. The molecule has 1 aliphatic rings. The smallest absolute Gasteiger partial charge is 0.0246 e. The fraction of sp³-hybridized carbons (Fsp3) is 0.600. The van der Waals surface area contributed by atoms with Crippen LogP contribution >= 0.6 is 15.9 Å². The van der Waals surface area contributed by atoms with E-state index in [1.54, 1.807) is 0 Å². The Bertz CT molecular complexity index is 400. The van der Waals surface area contributed by atoms with Crippen LogP contribution in [0.1, 0.15) is 18.1 Å². The summed E-state index contributed by atoms with van der Waals surface area (Å²) >= 11 is 3.71. The summed E-state index contributed by atoms with van der Waals surface area (Å²) in [6.07, 6.45) is 0. The number of rotatable bonds is 5. The number of piperazine rings is 1. The van der Waals surface area contributed by atoms with Gasteiger partial charge >= 0.3 is 0 Å². The molecule has 1 heterocycles. The first-order chi connectivity index (χ1) is 9.19. The first kappa shape index (κ1) is 15.0. The Labute approximate surface area is 125 Å². The molecule has 106 valence electrons. The lowest BCUT2D eigenvalue weighted by Crippen LogP contribution is -2.43. The summed E-state index contributed by atoms with van der Waals surface area (Å²) in [7, 11) is 2.20. The Balaban J connectivity index is 1.93. The van der Waals surface area contributed by atoms with Crippen molar-refractivity contribution in [3.8, 4) is 0 Å². The van der Waals surface area contributed by atoms with E-state index in [9.17, 15) is 0 Å². The van der Waals surface area contributed by atoms with E-state index in [2.05, 4.69) is 63.2 Å². The molecule has 1 aliphatic heterocycles. The van der Waals surface area contributed by atoms with Gasteiger partial charge in [0.15, 0.2) is 0 Å². The van der Waals surface area contributed by atoms with Crippen LogP contribution in [0.2, 0.25) is 0 Å². The maximum Gasteiger partial charge on any atom is 0.0246 e. The molecule has 1 N–H and O–H groups in total. The summed E-state index contributed by atoms with van der Waals surface area (Å²) < 4.78 is 1.24. The molecule has 3 nitrogen and oxygen atoms in total. The number of nitrogens with one attached hydrogen (secondary N) is 1. The zero-order chi connectivity index (χ0) is 13.7. The number of benzene rings is 1. The quantitative estimate of drug-likeness (QED) is 0.896. The predicted octanol–water partition coefficient (Wildman–Crippen LogP) is 2.31. The number of nitrogens with zero attached hydrogens (tertiary/aromatic N) is 2. The van der Waals surface area contributed by atoms with Crippen molar-refractivity contribution in [2.24, 2.45) is 0 Å². The molecule has 0 spiro atoms. The molecule has 0 radical (unpaired) electrons. The SMILES string of the molecule is CCNCc1ccc(CN2CCN(C)CC2)c(Br)c1. The van der Waals surface area contributed by atoms with Crippen molar-refractivity contribution in [3.05, 3.63) is 33.8 Å². The van der Waals surface area contributed by atoms with Gasteiger partial charge in [-0.25, -0.2) is 0 Å². The third-order valence-electron chi connectivity index (χ3n) is 3.69. The molecule has 1 aromatic rings. The second-order valence-corrected chi connectivity index (χ2v) is 6.14. The van der Waals surface area contributed by atoms with Gasteiger partial charge in [0.2, 0.25) is 0 Å². The predicted molar refractivity (Wildman–Crippen MR) is 84.3 cm³/mol. The summed E-state index contributed by atoms with van der Waals surface area (Å²) in [5.41, 5.74) is 2.74. The minimum atomic E-state index is 0.948. The van der Waals surface area contributed by atoms with E-state index in [-0.39, 0.29) is 0 Å². The lowest BCUT2D eigenvalue weighted by Gasteiger charge is -2.32. The van der Waals surface area contributed by atoms with Crippen LogP contribution in [-0.2, 0) is 13.1 Å². The second-order valence-electron chi connectivity index (χ2n) is 5.29. The summed E-state index contributed by atoms with van der Waals surface area (Å²) in [5, 5.41) is 3.36. The van der Waals surface area contributed by atoms with Crippen LogP contribution in [0.4, 0.5) is 0 Å². The van der Waals surface area contributed by atoms with Crippen LogP contribution in [0.15, 0.2) is 22.7 Å². The van der Waals surface area contributed by atoms with Crippen molar-refractivity contribution in [3.63, 3.8) is 0 Å². The molecule has 1 fully saturated rings. The Morgan fingerprint density at radius 1 is 1.21 bits per heavy atom. The average molecular weight is 326 g/mol. The summed E-state index contributed by atoms with van der Waals surface area (Å²) in [5.74, 6) is 0. The Kier molecular flexibility index (Phi) is 5.82. The fourth-order valence-electron chi connectivity index (χ4n) is 2.35. The molecular weight excluding hydrogens is 302 g/mol. The largest absolute Gasteiger partial charge is 0.313 e. The zero-order valence-electron chi connectivity index (χ0n) is 12.0. The number of hydrogen-bond donors (Lipinski definition) is 1. The molecule has 0 aromatic heterocycles. The summed E-state index contributed by atoms with van der Waals surface area (Å²) in [4.78, 5) is 4.93. The van der Waals surface area contributed by atoms with Gasteiger partial charge < -0.3 is 10.2 Å². The van der Waals surface area contributed by atoms with Crippen molar-refractivity contribution in [2.75, 3.05) is 39.8 Å². The summed E-state index contributed by atoms with van der Waals surface area (Å²) in [6, 6.07) is 6.74. The van der Waals surface area contributed by atoms with Crippen LogP contribution in [0.3, 0.4) is 0 Å². The molecule has 19 heavy (non-hydrogen) atoms. The van der Waals surface area contributed by atoms with Gasteiger partial charge in [-0.15, -0.1) is 0 Å². The summed E-state index contributed by atoms with van der Waals surface area (Å²) in [6.45, 7) is 9.84. The molecule has 0 aliphatic carbocycles. The molecule has 0 bridgehead atoms. The maximum atomic E-state index is 3.71. The standard InChI is InChI=1S/C15H24BrN3/c1-3-17-11-13-4-5-14(15(16)10-13)12-19-8-6-18(2)7-9-19/h4-5,10,17H,3,6-9,11-12H2,1-2H3. The van der Waals surface area contributed by atoms with Crippen LogP contribution in [0, 0.1) is 0 Å². The number of likely N-dealkylation sites (N-methyl/N-ethyl adjacent to an activating group) is 1. The molecule has 0 amide bonds. The van der Waals surface area contributed by atoms with Crippen molar-refractivity contribution in [1.29, 1.82) is 0 Å². The first-order valence-electron chi connectivity index (χ1n) is 7.08. The fourth-order valence-corrected chi connectivity index (χ4v) is 2.90. The van der Waals surface area contributed by atoms with E-state index >= 15 is 0 Å². The molecule has 0 saturated carbocycles. The van der Waals surface area contributed by atoms with Crippen molar-refractivity contribution >= 4 is 15.9 Å². The Morgan fingerprint density at radius 2 is 1.95 bits per heavy atom. The molecule has 0 atom stereocenters. The van der Waals surface area contributed by atoms with Crippen LogP contribution in [0.25, 0.3) is 0 Å². The van der Waals surface area contributed by atoms with Crippen molar-refractivity contribution in [1.82, 2.24) is 15.1 Å². The van der Waals surface area contributed by atoms with E-state index in [0.29, 0.717) is 0 Å². The van der Waals surface area contributed by atoms with Crippen LogP contribution < -0.4 is 5.32 Å². The van der Waals surface area contributed by atoms with Gasteiger partial charge in [0.05, 0.1) is 0 Å². The van der Waals surface area contributed by atoms with Gasteiger partial charge in [0.25, 0.3) is 0 Å². The third-order valence-corrected chi connectivity index (χ3v) is 4.42. The van der Waals surface area contributed by atoms with Crippen molar-refractivity contribution in [2.45, 2.75) is 20.0 Å². The monoisotopic (exact) mass is 325 g/mol. The van der Waals surface area contributed by atoms with E-state index in [4.69, 9.17) is 0 Å². The lowest BCUT2D eigenvalue weighted by molar-refractivity contribution is 0.148. The molecular formula is C15H24BrN3. The molecule has 0 unspecified atom stereocenters. The van der Waals surface area contributed by atoms with Gasteiger partial charge in [-0.2, -0.15) is 0 Å². The normalized spacial score (nSPS) is 17.8. The number of hydrogen-bond acceptors (Lipinski definition) is 3. The molecule has 4 heteroatoms. The first-order valence-corrected chi connectivity index (χ1v) is 7.87. The Morgan fingerprint density at radius 3 is 2.58 bits per heavy atom. The van der Waals surface area contributed by atoms with Crippen LogP contribution in [-0.4, -0.2) is 49.6 Å². The van der Waals surface area contributed by atoms with Gasteiger partial charge in [-0.05, 0) is 30.8 Å². The topological polar surface area (TPSA) is 18.5 Å². The average Bonchev–Trinajstić information content (AvgIpc) is 2.41. The van der Waals surface area contributed by atoms with Gasteiger partial charge in [0, 0.05) is 43.7 Å². The van der Waals surface area contributed by atoms with Gasteiger partial charge in [-0.3, -0.25) is 4.90 Å². The Hall–Kier alpha value is -0.420. The highest BCUT2D eigenvalue weighted by Crippen LogP contribution is 2.21. The molecule has 1 saturated heterocycles. The van der Waals surface area contributed by atoms with E-state index in [1.807, 2.05) is 0 Å². The molecule has 2 rings (SSSR count). The van der Waals surface area contributed by atoms with E-state index in [0.717, 1.165) is 19.6 Å². The van der Waals surface area contributed by atoms with Crippen LogP contribution in [0.5, 0.6) is 0 Å². The second kappa shape index (κ2) is 7.39. The highest BCUT2D eigenvalue weighted by Gasteiger charge is 2.14. The minimum Gasteiger partial charge on any atom is -0.313 e. The maximum absolute atomic E-state index is 3.71. The highest BCUT2D eigenvalue weighted by atomic mass is 79.9. The molecule has 1 aromatic carbocycles. The zero-order valence-corrected chi connectivity index (χ0v) is 13.5. The van der Waals surface area contributed by atoms with E-state index < -0.39 is 0 Å². The third kappa shape index (κ3) is 4.56. The van der Waals surface area contributed by atoms with Gasteiger partial charge in [0.1, 0.15) is 0 Å². The van der Waals surface area contributed by atoms with Crippen molar-refractivity contribution < 1.29 is 0 Å². The minimum absolute atomic E-state index is 0.948. The van der Waals surface area contributed by atoms with E-state index in [1.165, 1.54) is 41.8 Å². The lowest BCUT2D eigenvalue weighted by atomic mass is 10.1.